The van der Waals surface area contributed by atoms with Crippen LogP contribution in [0.1, 0.15) is 5.56 Å². The molecule has 2 saturated heterocycles. The Hall–Kier alpha value is -1.54. The Balaban J connectivity index is 1.66. The molecule has 170 valence electrons. The van der Waals surface area contributed by atoms with Gasteiger partial charge >= 0.3 is 0 Å². The Morgan fingerprint density at radius 2 is 1.80 bits per heavy atom. The lowest BCUT2D eigenvalue weighted by Gasteiger charge is -2.40. The van der Waals surface area contributed by atoms with Crippen molar-refractivity contribution >= 4 is 0 Å². The summed E-state index contributed by atoms with van der Waals surface area (Å²) in [6, 6.07) is 5.10. The second kappa shape index (κ2) is 9.30. The first-order valence-electron chi connectivity index (χ1n) is 9.45. The number of ether oxygens (including phenoxy) is 5. The molecule has 3 rings (SSSR count). The molecule has 0 aromatic heterocycles. The van der Waals surface area contributed by atoms with Crippen molar-refractivity contribution < 1.29 is 54.3 Å². The van der Waals surface area contributed by atoms with Crippen LogP contribution in [0.4, 0.5) is 0 Å². The van der Waals surface area contributed by atoms with Crippen LogP contribution in [0.2, 0.25) is 0 Å². The lowest BCUT2D eigenvalue weighted by molar-refractivity contribution is -0.289. The van der Waals surface area contributed by atoms with Gasteiger partial charge in [-0.3, -0.25) is 0 Å². The third-order valence-electron chi connectivity index (χ3n) is 5.24. The van der Waals surface area contributed by atoms with Crippen LogP contribution in [0.15, 0.2) is 18.2 Å². The minimum Gasteiger partial charge on any atom is -0.493 e. The fourth-order valence-electron chi connectivity index (χ4n) is 3.27. The van der Waals surface area contributed by atoms with Crippen LogP contribution in [0.25, 0.3) is 0 Å². The molecule has 0 unspecified atom stereocenters. The van der Waals surface area contributed by atoms with Gasteiger partial charge in [-0.15, -0.1) is 0 Å². The van der Waals surface area contributed by atoms with E-state index in [-0.39, 0.29) is 19.0 Å². The monoisotopic (exact) mass is 432 g/mol. The minimum atomic E-state index is -1.86. The van der Waals surface area contributed by atoms with Gasteiger partial charge in [-0.2, -0.15) is 0 Å². The summed E-state index contributed by atoms with van der Waals surface area (Å²) < 4.78 is 27.0. The number of hydrogen-bond acceptors (Lipinski definition) is 11. The van der Waals surface area contributed by atoms with E-state index in [4.69, 9.17) is 23.7 Å². The van der Waals surface area contributed by atoms with E-state index < -0.39 is 55.3 Å². The molecule has 11 nitrogen and oxygen atoms in total. The SMILES string of the molecule is COc1cc(C)ccc1O[C@@H]1O[C@H](CO[C@@H]2OC[C@](O)(CO)[C@H]2O)[C@@H](O)[C@H](O)[C@H]1O. The number of rotatable bonds is 7. The number of aliphatic hydroxyl groups is 6. The van der Waals surface area contributed by atoms with E-state index in [0.29, 0.717) is 5.75 Å². The summed E-state index contributed by atoms with van der Waals surface area (Å²) in [5.74, 6) is 0.656. The summed E-state index contributed by atoms with van der Waals surface area (Å²) in [6.07, 6.45) is -9.98. The molecular formula is C19H28O11. The molecule has 0 bridgehead atoms. The molecule has 8 atom stereocenters. The topological polar surface area (TPSA) is 168 Å². The predicted octanol–water partition coefficient (Wildman–Crippen LogP) is -2.35. The summed E-state index contributed by atoms with van der Waals surface area (Å²) in [5, 5.41) is 59.9. The third kappa shape index (κ3) is 4.54. The van der Waals surface area contributed by atoms with Crippen molar-refractivity contribution in [2.24, 2.45) is 0 Å². The van der Waals surface area contributed by atoms with Gasteiger partial charge in [-0.25, -0.2) is 0 Å². The Kier molecular flexibility index (Phi) is 7.17. The van der Waals surface area contributed by atoms with Crippen molar-refractivity contribution in [3.05, 3.63) is 23.8 Å². The normalized spacial score (nSPS) is 39.1. The maximum absolute atomic E-state index is 10.3. The fraction of sp³-hybridized carbons (Fsp3) is 0.684. The highest BCUT2D eigenvalue weighted by molar-refractivity contribution is 5.42. The van der Waals surface area contributed by atoms with Gasteiger partial charge in [0.05, 0.1) is 26.9 Å². The fourth-order valence-corrected chi connectivity index (χ4v) is 3.27. The average molecular weight is 432 g/mol. The number of aliphatic hydroxyl groups excluding tert-OH is 5. The van der Waals surface area contributed by atoms with Gasteiger partial charge in [0, 0.05) is 0 Å². The molecule has 0 radical (unpaired) electrons. The van der Waals surface area contributed by atoms with Crippen molar-refractivity contribution in [1.29, 1.82) is 0 Å². The summed E-state index contributed by atoms with van der Waals surface area (Å²) in [4.78, 5) is 0. The molecule has 2 aliphatic heterocycles. The Labute approximate surface area is 172 Å². The van der Waals surface area contributed by atoms with Crippen LogP contribution in [0, 0.1) is 6.92 Å². The Bertz CT molecular complexity index is 716. The Morgan fingerprint density at radius 1 is 1.07 bits per heavy atom. The molecule has 0 aliphatic carbocycles. The molecule has 1 aromatic carbocycles. The van der Waals surface area contributed by atoms with Crippen molar-refractivity contribution in [2.45, 2.75) is 55.6 Å². The molecule has 1 aromatic rings. The van der Waals surface area contributed by atoms with Crippen molar-refractivity contribution in [1.82, 2.24) is 0 Å². The van der Waals surface area contributed by atoms with Gasteiger partial charge in [-0.1, -0.05) is 6.07 Å². The summed E-state index contributed by atoms with van der Waals surface area (Å²) in [5.41, 5.74) is -0.941. The van der Waals surface area contributed by atoms with Crippen LogP contribution < -0.4 is 9.47 Å². The largest absolute Gasteiger partial charge is 0.493 e. The quantitative estimate of drug-likeness (QED) is 0.273. The maximum atomic E-state index is 10.3. The van der Waals surface area contributed by atoms with Gasteiger partial charge < -0.3 is 54.3 Å². The molecule has 0 amide bonds. The van der Waals surface area contributed by atoms with Crippen molar-refractivity contribution in [2.75, 3.05) is 26.9 Å². The lowest BCUT2D eigenvalue weighted by Crippen LogP contribution is -2.60. The van der Waals surface area contributed by atoms with E-state index in [2.05, 4.69) is 0 Å². The molecule has 0 spiro atoms. The van der Waals surface area contributed by atoms with E-state index in [1.165, 1.54) is 7.11 Å². The maximum Gasteiger partial charge on any atom is 0.229 e. The standard InChI is InChI=1S/C19H28O11/c1-9-3-4-10(11(5-9)26-2)29-17-15(23)14(22)13(21)12(30-17)6-27-18-16(24)19(25,7-20)8-28-18/h3-5,12-18,20-25H,6-8H2,1-2H3/t12-,13-,14+,15-,16+,17-,18-,19-/m1/s1. The summed E-state index contributed by atoms with van der Waals surface area (Å²) in [7, 11) is 1.45. The Morgan fingerprint density at radius 3 is 2.43 bits per heavy atom. The zero-order chi connectivity index (χ0) is 22.1. The van der Waals surface area contributed by atoms with E-state index in [9.17, 15) is 30.6 Å². The molecule has 2 fully saturated rings. The number of methoxy groups -OCH3 is 1. The molecule has 2 heterocycles. The molecular weight excluding hydrogens is 404 g/mol. The van der Waals surface area contributed by atoms with E-state index in [0.717, 1.165) is 5.56 Å². The van der Waals surface area contributed by atoms with E-state index in [1.54, 1.807) is 18.2 Å². The third-order valence-corrected chi connectivity index (χ3v) is 5.24. The molecule has 11 heteroatoms. The average Bonchev–Trinajstić information content (AvgIpc) is 3.03. The number of aryl methyl sites for hydroxylation is 1. The molecule has 30 heavy (non-hydrogen) atoms. The highest BCUT2D eigenvalue weighted by Gasteiger charge is 2.50. The van der Waals surface area contributed by atoms with Crippen LogP contribution in [-0.2, 0) is 14.2 Å². The van der Waals surface area contributed by atoms with E-state index in [1.807, 2.05) is 6.92 Å². The smallest absolute Gasteiger partial charge is 0.229 e. The van der Waals surface area contributed by atoms with Crippen LogP contribution in [0.5, 0.6) is 11.5 Å². The second-order valence-electron chi connectivity index (χ2n) is 7.51. The number of hydrogen-bond donors (Lipinski definition) is 6. The molecule has 6 N–H and O–H groups in total. The molecule has 2 aliphatic rings. The highest BCUT2D eigenvalue weighted by Crippen LogP contribution is 2.32. The zero-order valence-electron chi connectivity index (χ0n) is 16.6. The van der Waals surface area contributed by atoms with Gasteiger partial charge in [0.1, 0.15) is 36.1 Å². The van der Waals surface area contributed by atoms with Crippen molar-refractivity contribution in [3.8, 4) is 11.5 Å². The van der Waals surface area contributed by atoms with Gasteiger partial charge in [-0.05, 0) is 24.6 Å². The number of benzene rings is 1. The molecule has 0 saturated carbocycles. The summed E-state index contributed by atoms with van der Waals surface area (Å²) in [6.45, 7) is 0.432. The highest BCUT2D eigenvalue weighted by atomic mass is 16.7. The van der Waals surface area contributed by atoms with Crippen LogP contribution in [0.3, 0.4) is 0 Å². The van der Waals surface area contributed by atoms with Crippen LogP contribution in [-0.4, -0.2) is 106 Å². The first-order chi connectivity index (χ1) is 14.2. The van der Waals surface area contributed by atoms with Crippen molar-refractivity contribution in [3.63, 3.8) is 0 Å². The predicted molar refractivity (Wildman–Crippen MR) is 98.8 cm³/mol. The van der Waals surface area contributed by atoms with Gasteiger partial charge in [0.25, 0.3) is 0 Å². The van der Waals surface area contributed by atoms with E-state index >= 15 is 0 Å². The van der Waals surface area contributed by atoms with Gasteiger partial charge in [0.15, 0.2) is 17.8 Å². The first-order valence-corrected chi connectivity index (χ1v) is 9.45. The first kappa shape index (κ1) is 23.1. The van der Waals surface area contributed by atoms with Gasteiger partial charge in [0.2, 0.25) is 6.29 Å². The minimum absolute atomic E-state index is 0.262. The second-order valence-corrected chi connectivity index (χ2v) is 7.51. The summed E-state index contributed by atoms with van der Waals surface area (Å²) >= 11 is 0. The zero-order valence-corrected chi connectivity index (χ0v) is 16.6. The van der Waals surface area contributed by atoms with Crippen LogP contribution >= 0.6 is 0 Å². The lowest BCUT2D eigenvalue weighted by atomic mass is 9.99.